The Balaban J connectivity index is 1.50. The third-order valence-corrected chi connectivity index (χ3v) is 5.72. The van der Waals surface area contributed by atoms with Gasteiger partial charge in [-0.3, -0.25) is 0 Å². The lowest BCUT2D eigenvalue weighted by Crippen LogP contribution is -2.00. The molecule has 0 aliphatic carbocycles. The molecule has 0 unspecified atom stereocenters. The van der Waals surface area contributed by atoms with Gasteiger partial charge >= 0.3 is 0 Å². The van der Waals surface area contributed by atoms with Crippen LogP contribution in [-0.4, -0.2) is 19.5 Å². The van der Waals surface area contributed by atoms with Crippen LogP contribution in [0.1, 0.15) is 24.4 Å². The van der Waals surface area contributed by atoms with E-state index in [0.717, 1.165) is 29.5 Å². The number of benzene rings is 1. The van der Waals surface area contributed by atoms with Gasteiger partial charge in [0.25, 0.3) is 0 Å². The maximum absolute atomic E-state index is 4.77. The van der Waals surface area contributed by atoms with E-state index in [9.17, 15) is 0 Å². The van der Waals surface area contributed by atoms with Gasteiger partial charge in [-0.2, -0.15) is 0 Å². The van der Waals surface area contributed by atoms with Crippen molar-refractivity contribution in [2.75, 3.05) is 0 Å². The van der Waals surface area contributed by atoms with Gasteiger partial charge in [0.2, 0.25) is 0 Å². The molecule has 0 aliphatic rings. The van der Waals surface area contributed by atoms with Crippen molar-refractivity contribution < 1.29 is 0 Å². The average Bonchev–Trinajstić information content (AvgIpc) is 3.36. The minimum Gasteiger partial charge on any atom is -0.325 e. The van der Waals surface area contributed by atoms with Crippen molar-refractivity contribution in [3.05, 3.63) is 64.2 Å². The molecule has 0 saturated carbocycles. The standard InChI is InChI=1S/C20H20N4S2/c1-14(2)11-18-23-17(13-26-18)16-5-3-15(4-6-16)12-24-9-7-21-19(24)20-22-8-10-25-20/h3-10,13-14H,11-12H2,1-2H3. The SMILES string of the molecule is CC(C)Cc1nc(-c2ccc(Cn3ccnc3-c3nccs3)cc2)cs1. The Morgan fingerprint density at radius 1 is 1.04 bits per heavy atom. The van der Waals surface area contributed by atoms with E-state index in [1.54, 1.807) is 22.7 Å². The van der Waals surface area contributed by atoms with E-state index in [0.29, 0.717) is 5.92 Å². The molecular weight excluding hydrogens is 360 g/mol. The van der Waals surface area contributed by atoms with Crippen molar-refractivity contribution in [2.24, 2.45) is 5.92 Å². The van der Waals surface area contributed by atoms with Crippen molar-refractivity contribution >= 4 is 22.7 Å². The van der Waals surface area contributed by atoms with E-state index < -0.39 is 0 Å². The van der Waals surface area contributed by atoms with Crippen molar-refractivity contribution in [3.8, 4) is 22.1 Å². The molecule has 4 aromatic rings. The molecule has 0 atom stereocenters. The van der Waals surface area contributed by atoms with Gasteiger partial charge in [-0.05, 0) is 11.5 Å². The number of thiazole rings is 2. The fraction of sp³-hybridized carbons (Fsp3) is 0.250. The summed E-state index contributed by atoms with van der Waals surface area (Å²) in [5, 5.41) is 6.30. The highest BCUT2D eigenvalue weighted by molar-refractivity contribution is 7.13. The van der Waals surface area contributed by atoms with Gasteiger partial charge < -0.3 is 4.57 Å². The molecule has 0 bridgehead atoms. The fourth-order valence-electron chi connectivity index (χ4n) is 2.83. The van der Waals surface area contributed by atoms with E-state index in [-0.39, 0.29) is 0 Å². The molecule has 132 valence electrons. The molecule has 0 fully saturated rings. The summed E-state index contributed by atoms with van der Waals surface area (Å²) < 4.78 is 2.14. The summed E-state index contributed by atoms with van der Waals surface area (Å²) in [5.41, 5.74) is 3.48. The molecule has 0 amide bonds. The molecule has 0 radical (unpaired) electrons. The molecule has 0 aliphatic heterocycles. The van der Waals surface area contributed by atoms with Crippen molar-refractivity contribution in [1.82, 2.24) is 19.5 Å². The Hall–Kier alpha value is -2.31. The first-order chi connectivity index (χ1) is 12.7. The van der Waals surface area contributed by atoms with Crippen LogP contribution >= 0.6 is 22.7 Å². The molecule has 3 heterocycles. The average molecular weight is 381 g/mol. The summed E-state index contributed by atoms with van der Waals surface area (Å²) in [4.78, 5) is 13.6. The van der Waals surface area contributed by atoms with Crippen molar-refractivity contribution in [3.63, 3.8) is 0 Å². The number of nitrogens with zero attached hydrogens (tertiary/aromatic N) is 4. The van der Waals surface area contributed by atoms with Crippen molar-refractivity contribution in [2.45, 2.75) is 26.8 Å². The lowest BCUT2D eigenvalue weighted by Gasteiger charge is -2.07. The highest BCUT2D eigenvalue weighted by atomic mass is 32.1. The molecule has 0 spiro atoms. The smallest absolute Gasteiger partial charge is 0.169 e. The molecule has 4 nitrogen and oxygen atoms in total. The van der Waals surface area contributed by atoms with E-state index in [2.05, 4.69) is 58.0 Å². The van der Waals surface area contributed by atoms with Crippen LogP contribution in [0.15, 0.2) is 53.6 Å². The van der Waals surface area contributed by atoms with Gasteiger partial charge in [0.15, 0.2) is 10.8 Å². The van der Waals surface area contributed by atoms with Gasteiger partial charge in [-0.1, -0.05) is 38.1 Å². The van der Waals surface area contributed by atoms with Crippen LogP contribution in [0.25, 0.3) is 22.1 Å². The van der Waals surface area contributed by atoms with Gasteiger partial charge in [0.05, 0.1) is 10.7 Å². The van der Waals surface area contributed by atoms with Crippen LogP contribution < -0.4 is 0 Å². The molecule has 3 aromatic heterocycles. The van der Waals surface area contributed by atoms with Crippen LogP contribution in [0.4, 0.5) is 0 Å². The number of hydrogen-bond acceptors (Lipinski definition) is 5. The number of aromatic nitrogens is 4. The fourth-order valence-corrected chi connectivity index (χ4v) is 4.50. The maximum Gasteiger partial charge on any atom is 0.169 e. The minimum absolute atomic E-state index is 0.638. The van der Waals surface area contributed by atoms with Crippen molar-refractivity contribution in [1.29, 1.82) is 0 Å². The monoisotopic (exact) mass is 380 g/mol. The van der Waals surface area contributed by atoms with Gasteiger partial charge in [-0.15, -0.1) is 22.7 Å². The first kappa shape index (κ1) is 17.1. The number of hydrogen-bond donors (Lipinski definition) is 0. The second kappa shape index (κ2) is 7.51. The third-order valence-electron chi connectivity index (χ3n) is 4.08. The molecule has 6 heteroatoms. The summed E-state index contributed by atoms with van der Waals surface area (Å²) in [6.45, 7) is 5.24. The Morgan fingerprint density at radius 3 is 2.62 bits per heavy atom. The summed E-state index contributed by atoms with van der Waals surface area (Å²) in [6, 6.07) is 8.65. The molecule has 26 heavy (non-hydrogen) atoms. The first-order valence-electron chi connectivity index (χ1n) is 8.64. The van der Waals surface area contributed by atoms with Gasteiger partial charge in [0, 0.05) is 47.9 Å². The van der Waals surface area contributed by atoms with Gasteiger partial charge in [0.1, 0.15) is 0 Å². The predicted molar refractivity (Wildman–Crippen MR) is 109 cm³/mol. The second-order valence-corrected chi connectivity index (χ2v) is 8.47. The molecule has 0 saturated heterocycles. The summed E-state index contributed by atoms with van der Waals surface area (Å²) in [6.07, 6.45) is 6.69. The lowest BCUT2D eigenvalue weighted by atomic mass is 10.1. The first-order valence-corrected chi connectivity index (χ1v) is 10.4. The topological polar surface area (TPSA) is 43.6 Å². The largest absolute Gasteiger partial charge is 0.325 e. The van der Waals surface area contributed by atoms with E-state index in [1.165, 1.54) is 16.1 Å². The van der Waals surface area contributed by atoms with Crippen LogP contribution in [0.2, 0.25) is 0 Å². The highest BCUT2D eigenvalue weighted by Crippen LogP contribution is 2.25. The molecule has 0 N–H and O–H groups in total. The molecule has 4 rings (SSSR count). The summed E-state index contributed by atoms with van der Waals surface area (Å²) in [5.74, 6) is 1.56. The lowest BCUT2D eigenvalue weighted by molar-refractivity contribution is 0.645. The Morgan fingerprint density at radius 2 is 1.88 bits per heavy atom. The summed E-state index contributed by atoms with van der Waals surface area (Å²) >= 11 is 3.36. The minimum atomic E-state index is 0.638. The van der Waals surface area contributed by atoms with Crippen LogP contribution in [0.3, 0.4) is 0 Å². The zero-order chi connectivity index (χ0) is 17.9. The second-order valence-electron chi connectivity index (χ2n) is 6.64. The molecular formula is C20H20N4S2. The maximum atomic E-state index is 4.77. The van der Waals surface area contributed by atoms with Crippen LogP contribution in [-0.2, 0) is 13.0 Å². The highest BCUT2D eigenvalue weighted by Gasteiger charge is 2.10. The normalized spacial score (nSPS) is 11.3. The number of imidazole rings is 1. The van der Waals surface area contributed by atoms with Gasteiger partial charge in [-0.25, -0.2) is 15.0 Å². The van der Waals surface area contributed by atoms with E-state index in [4.69, 9.17) is 4.98 Å². The van der Waals surface area contributed by atoms with E-state index in [1.807, 2.05) is 24.0 Å². The zero-order valence-corrected chi connectivity index (χ0v) is 16.4. The Labute approximate surface area is 161 Å². The molecule has 1 aromatic carbocycles. The van der Waals surface area contributed by atoms with E-state index >= 15 is 0 Å². The quantitative estimate of drug-likeness (QED) is 0.451. The third kappa shape index (κ3) is 3.76. The summed E-state index contributed by atoms with van der Waals surface area (Å²) in [7, 11) is 0. The predicted octanol–water partition coefficient (Wildman–Crippen LogP) is 5.38. The van der Waals surface area contributed by atoms with Crippen LogP contribution in [0.5, 0.6) is 0 Å². The Bertz CT molecular complexity index is 966. The Kier molecular flexibility index (Phi) is 4.95. The number of rotatable bonds is 6. The zero-order valence-electron chi connectivity index (χ0n) is 14.8. The van der Waals surface area contributed by atoms with Crippen LogP contribution in [0, 0.1) is 5.92 Å².